The number of aromatic nitrogens is 1. The van der Waals surface area contributed by atoms with Crippen LogP contribution >= 0.6 is 0 Å². The molecule has 0 saturated carbocycles. The Morgan fingerprint density at radius 3 is 3.15 bits per heavy atom. The third-order valence-corrected chi connectivity index (χ3v) is 1.75. The Morgan fingerprint density at radius 1 is 1.62 bits per heavy atom. The lowest BCUT2D eigenvalue weighted by atomic mass is 10.3. The van der Waals surface area contributed by atoms with Crippen molar-refractivity contribution in [1.82, 2.24) is 10.0 Å². The average molecular weight is 178 g/mol. The van der Waals surface area contributed by atoms with Crippen LogP contribution < -0.4 is 0 Å². The minimum Gasteiger partial charge on any atom is -0.459 e. The van der Waals surface area contributed by atoms with Crippen molar-refractivity contribution in [2.24, 2.45) is 0 Å². The fourth-order valence-electron chi connectivity index (χ4n) is 1.24. The molecule has 4 heteroatoms. The van der Waals surface area contributed by atoms with E-state index in [0.717, 1.165) is 21.8 Å². The Hall–Kier alpha value is -1.39. The van der Waals surface area contributed by atoms with E-state index in [4.69, 9.17) is 9.62 Å². The second-order valence-electron chi connectivity index (χ2n) is 2.94. The van der Waals surface area contributed by atoms with Gasteiger partial charge in [-0.1, -0.05) is 0 Å². The smallest absolute Gasteiger partial charge is 0.137 e. The number of hydroxylamine groups is 2. The first kappa shape index (κ1) is 8.22. The molecule has 13 heavy (non-hydrogen) atoms. The van der Waals surface area contributed by atoms with Gasteiger partial charge in [-0.3, -0.25) is 4.98 Å². The second kappa shape index (κ2) is 3.16. The maximum atomic E-state index is 8.99. The first-order valence-corrected chi connectivity index (χ1v) is 3.98. The van der Waals surface area contributed by atoms with Crippen molar-refractivity contribution in [3.05, 3.63) is 30.3 Å². The Morgan fingerprint density at radius 2 is 2.46 bits per heavy atom. The molecular weight excluding hydrogens is 168 g/mol. The van der Waals surface area contributed by atoms with Crippen molar-refractivity contribution >= 4 is 11.0 Å². The number of furan rings is 1. The number of nitrogens with zero attached hydrogens (tertiary/aromatic N) is 2. The van der Waals surface area contributed by atoms with Gasteiger partial charge in [-0.05, 0) is 12.1 Å². The highest BCUT2D eigenvalue weighted by atomic mass is 16.5. The first-order chi connectivity index (χ1) is 6.25. The van der Waals surface area contributed by atoms with Gasteiger partial charge in [0.2, 0.25) is 0 Å². The molecule has 0 unspecified atom stereocenters. The minimum absolute atomic E-state index is 0.384. The van der Waals surface area contributed by atoms with Crippen LogP contribution in [0.4, 0.5) is 0 Å². The molecule has 4 nitrogen and oxygen atoms in total. The first-order valence-electron chi connectivity index (χ1n) is 3.98. The predicted octanol–water partition coefficient (Wildman–Crippen LogP) is 1.65. The summed E-state index contributed by atoms with van der Waals surface area (Å²) in [5.74, 6) is 0.730. The lowest BCUT2D eigenvalue weighted by Crippen LogP contribution is -2.10. The van der Waals surface area contributed by atoms with E-state index in [-0.39, 0.29) is 0 Å². The minimum atomic E-state index is 0.384. The molecule has 0 amide bonds. The Bertz CT molecular complexity index is 376. The summed E-state index contributed by atoms with van der Waals surface area (Å²) in [4.78, 5) is 3.97. The van der Waals surface area contributed by atoms with Crippen LogP contribution in [-0.4, -0.2) is 22.3 Å². The van der Waals surface area contributed by atoms with Gasteiger partial charge < -0.3 is 9.62 Å². The third kappa shape index (κ3) is 1.68. The van der Waals surface area contributed by atoms with Gasteiger partial charge in [-0.25, -0.2) is 0 Å². The van der Waals surface area contributed by atoms with Crippen molar-refractivity contribution < 1.29 is 9.62 Å². The number of rotatable bonds is 2. The van der Waals surface area contributed by atoms with Crippen LogP contribution in [0.25, 0.3) is 11.0 Å². The van der Waals surface area contributed by atoms with E-state index in [1.807, 2.05) is 6.07 Å². The van der Waals surface area contributed by atoms with E-state index in [1.54, 1.807) is 25.5 Å². The van der Waals surface area contributed by atoms with Crippen LogP contribution in [-0.2, 0) is 6.54 Å². The molecule has 0 spiro atoms. The van der Waals surface area contributed by atoms with E-state index in [9.17, 15) is 0 Å². The summed E-state index contributed by atoms with van der Waals surface area (Å²) in [5.41, 5.74) is 0.798. The van der Waals surface area contributed by atoms with Crippen molar-refractivity contribution in [2.45, 2.75) is 6.54 Å². The van der Waals surface area contributed by atoms with E-state index >= 15 is 0 Å². The normalized spacial score (nSPS) is 11.3. The molecule has 0 bridgehead atoms. The lowest BCUT2D eigenvalue weighted by molar-refractivity contribution is -0.0771. The number of hydrogen-bond donors (Lipinski definition) is 1. The van der Waals surface area contributed by atoms with Gasteiger partial charge in [0.1, 0.15) is 11.3 Å². The van der Waals surface area contributed by atoms with Crippen LogP contribution in [0.5, 0.6) is 0 Å². The van der Waals surface area contributed by atoms with Gasteiger partial charge in [0, 0.05) is 24.8 Å². The maximum Gasteiger partial charge on any atom is 0.137 e. The molecule has 1 N–H and O–H groups in total. The van der Waals surface area contributed by atoms with Crippen LogP contribution in [0.1, 0.15) is 5.76 Å². The lowest BCUT2D eigenvalue weighted by Gasteiger charge is -2.03. The molecule has 0 radical (unpaired) electrons. The monoisotopic (exact) mass is 178 g/mol. The number of pyridine rings is 1. The molecule has 0 aliphatic carbocycles. The van der Waals surface area contributed by atoms with Gasteiger partial charge in [-0.15, -0.1) is 0 Å². The predicted molar refractivity (Wildman–Crippen MR) is 47.3 cm³/mol. The Balaban J connectivity index is 2.38. The van der Waals surface area contributed by atoms with E-state index in [1.165, 1.54) is 0 Å². The zero-order valence-electron chi connectivity index (χ0n) is 7.27. The molecule has 2 aromatic heterocycles. The molecule has 0 atom stereocenters. The quantitative estimate of drug-likeness (QED) is 0.710. The highest BCUT2D eigenvalue weighted by Gasteiger charge is 2.04. The van der Waals surface area contributed by atoms with E-state index in [0.29, 0.717) is 6.54 Å². The molecule has 68 valence electrons. The average Bonchev–Trinajstić information content (AvgIpc) is 2.44. The summed E-state index contributed by atoms with van der Waals surface area (Å²) >= 11 is 0. The highest BCUT2D eigenvalue weighted by Crippen LogP contribution is 2.18. The van der Waals surface area contributed by atoms with Gasteiger partial charge in [0.25, 0.3) is 0 Å². The maximum absolute atomic E-state index is 8.99. The molecular formula is C9H10N2O2. The topological polar surface area (TPSA) is 49.5 Å². The fraction of sp³-hybridized carbons (Fsp3) is 0.222. The second-order valence-corrected chi connectivity index (χ2v) is 2.94. The van der Waals surface area contributed by atoms with Crippen LogP contribution in [0.3, 0.4) is 0 Å². The van der Waals surface area contributed by atoms with Crippen molar-refractivity contribution in [1.29, 1.82) is 0 Å². The summed E-state index contributed by atoms with van der Waals surface area (Å²) in [6.07, 6.45) is 3.41. The molecule has 0 aliphatic rings. The molecule has 0 aromatic carbocycles. The van der Waals surface area contributed by atoms with Crippen LogP contribution in [0.15, 0.2) is 28.9 Å². The van der Waals surface area contributed by atoms with Gasteiger partial charge in [-0.2, -0.15) is 5.06 Å². The van der Waals surface area contributed by atoms with Crippen molar-refractivity contribution in [3.8, 4) is 0 Å². The third-order valence-electron chi connectivity index (χ3n) is 1.75. The van der Waals surface area contributed by atoms with Crippen LogP contribution in [0, 0.1) is 0 Å². The number of fused-ring (bicyclic) bond motifs is 1. The standard InChI is InChI=1S/C9H10N2O2/c1-11(12)6-8-4-7-5-10-3-2-9(7)13-8/h2-5,12H,6H2,1H3. The summed E-state index contributed by atoms with van der Waals surface area (Å²) < 4.78 is 5.44. The van der Waals surface area contributed by atoms with Gasteiger partial charge in [0.15, 0.2) is 0 Å². The van der Waals surface area contributed by atoms with Crippen LogP contribution in [0.2, 0.25) is 0 Å². The highest BCUT2D eigenvalue weighted by molar-refractivity contribution is 5.76. The summed E-state index contributed by atoms with van der Waals surface area (Å²) in [5, 5.41) is 11.0. The molecule has 0 aliphatic heterocycles. The zero-order valence-corrected chi connectivity index (χ0v) is 7.27. The van der Waals surface area contributed by atoms with Crippen molar-refractivity contribution in [2.75, 3.05) is 7.05 Å². The largest absolute Gasteiger partial charge is 0.459 e. The van der Waals surface area contributed by atoms with E-state index < -0.39 is 0 Å². The molecule has 2 rings (SSSR count). The van der Waals surface area contributed by atoms with E-state index in [2.05, 4.69) is 4.98 Å². The molecule has 0 fully saturated rings. The SMILES string of the molecule is CN(O)Cc1cc2cnccc2o1. The zero-order chi connectivity index (χ0) is 9.26. The Labute approximate surface area is 75.4 Å². The molecule has 2 aromatic rings. The summed E-state index contributed by atoms with van der Waals surface area (Å²) in [6, 6.07) is 3.67. The fourth-order valence-corrected chi connectivity index (χ4v) is 1.24. The molecule has 0 saturated heterocycles. The van der Waals surface area contributed by atoms with Gasteiger partial charge >= 0.3 is 0 Å². The Kier molecular flexibility index (Phi) is 2.00. The summed E-state index contributed by atoms with van der Waals surface area (Å²) in [7, 11) is 1.57. The van der Waals surface area contributed by atoms with Crippen molar-refractivity contribution in [3.63, 3.8) is 0 Å². The summed E-state index contributed by atoms with van der Waals surface area (Å²) in [6.45, 7) is 0.384. The number of hydrogen-bond acceptors (Lipinski definition) is 4. The van der Waals surface area contributed by atoms with Gasteiger partial charge in [0.05, 0.1) is 6.54 Å². The molecule has 2 heterocycles.